The Labute approximate surface area is 178 Å². The number of piperidine rings is 1. The van der Waals surface area contributed by atoms with Crippen LogP contribution in [0.25, 0.3) is 0 Å². The molecular weight excluding hydrogens is 394 g/mol. The van der Waals surface area contributed by atoms with Gasteiger partial charge >= 0.3 is 0 Å². The first-order valence-electron chi connectivity index (χ1n) is 10.1. The third kappa shape index (κ3) is 6.32. The van der Waals surface area contributed by atoms with Crippen LogP contribution in [0.3, 0.4) is 0 Å². The second-order valence-electron chi connectivity index (χ2n) is 7.63. The van der Waals surface area contributed by atoms with E-state index in [1.165, 1.54) is 0 Å². The third-order valence-corrected chi connectivity index (χ3v) is 5.80. The number of halogens is 1. The van der Waals surface area contributed by atoms with E-state index in [9.17, 15) is 9.59 Å². The summed E-state index contributed by atoms with van der Waals surface area (Å²) in [6.45, 7) is 2.65. The molecule has 7 nitrogen and oxygen atoms in total. The molecular formula is C21H32ClN3O4. The molecule has 1 unspecified atom stereocenters. The molecule has 0 spiro atoms. The third-order valence-electron chi connectivity index (χ3n) is 5.80. The van der Waals surface area contributed by atoms with Gasteiger partial charge in [0.1, 0.15) is 5.75 Å². The van der Waals surface area contributed by atoms with Gasteiger partial charge in [0.05, 0.1) is 19.6 Å². The van der Waals surface area contributed by atoms with Crippen LogP contribution in [0.2, 0.25) is 0 Å². The number of nitrogens with one attached hydrogen (secondary N) is 1. The molecule has 2 aliphatic heterocycles. The van der Waals surface area contributed by atoms with Crippen LogP contribution in [0, 0.1) is 5.92 Å². The lowest BCUT2D eigenvalue weighted by Gasteiger charge is -2.34. The monoisotopic (exact) mass is 425 g/mol. The first-order valence-corrected chi connectivity index (χ1v) is 10.1. The minimum Gasteiger partial charge on any atom is -0.496 e. The van der Waals surface area contributed by atoms with Crippen molar-refractivity contribution in [3.05, 3.63) is 29.8 Å². The molecule has 2 fully saturated rings. The molecule has 0 aliphatic carbocycles. The molecule has 2 saturated heterocycles. The zero-order chi connectivity index (χ0) is 19.9. The summed E-state index contributed by atoms with van der Waals surface area (Å²) < 4.78 is 10.7. The van der Waals surface area contributed by atoms with Crippen LogP contribution in [0.5, 0.6) is 5.75 Å². The standard InChI is InChI=1S/C21H31N3O4.ClH/c1-27-18-5-3-2-4-16(18)14-19(25)24-10-6-17(7-11-24)23-21(26)20(22)15-8-12-28-13-9-15;/h2-5,15,17,20H,6-14,22H2,1H3,(H,23,26);1H. The number of ether oxygens (including phenoxy) is 2. The van der Waals surface area contributed by atoms with E-state index >= 15 is 0 Å². The van der Waals surface area contributed by atoms with Gasteiger partial charge in [0.15, 0.2) is 0 Å². The molecule has 2 amide bonds. The highest BCUT2D eigenvalue weighted by molar-refractivity contribution is 5.85. The Morgan fingerprint density at radius 3 is 2.52 bits per heavy atom. The minimum absolute atomic E-state index is 0. The van der Waals surface area contributed by atoms with Crippen molar-refractivity contribution in [2.24, 2.45) is 11.7 Å². The zero-order valence-electron chi connectivity index (χ0n) is 17.0. The SMILES string of the molecule is COc1ccccc1CC(=O)N1CCC(NC(=O)C(N)C2CCOCC2)CC1.Cl. The Morgan fingerprint density at radius 1 is 1.21 bits per heavy atom. The number of carbonyl (C=O) groups excluding carboxylic acids is 2. The maximum Gasteiger partial charge on any atom is 0.237 e. The van der Waals surface area contributed by atoms with E-state index in [1.807, 2.05) is 29.2 Å². The van der Waals surface area contributed by atoms with Crippen LogP contribution in [-0.4, -0.2) is 62.2 Å². The minimum atomic E-state index is -0.478. The van der Waals surface area contributed by atoms with Gasteiger partial charge in [-0.2, -0.15) is 0 Å². The van der Waals surface area contributed by atoms with Gasteiger partial charge in [0.2, 0.25) is 11.8 Å². The summed E-state index contributed by atoms with van der Waals surface area (Å²) in [6.07, 6.45) is 3.51. The van der Waals surface area contributed by atoms with Gasteiger partial charge in [-0.1, -0.05) is 18.2 Å². The molecule has 2 aliphatic rings. The highest BCUT2D eigenvalue weighted by atomic mass is 35.5. The number of hydrogen-bond acceptors (Lipinski definition) is 5. The second kappa shape index (κ2) is 11.4. The smallest absolute Gasteiger partial charge is 0.237 e. The highest BCUT2D eigenvalue weighted by Crippen LogP contribution is 2.21. The Morgan fingerprint density at radius 2 is 1.86 bits per heavy atom. The molecule has 8 heteroatoms. The van der Waals surface area contributed by atoms with Crippen molar-refractivity contribution in [2.75, 3.05) is 33.4 Å². The lowest BCUT2D eigenvalue weighted by atomic mass is 9.91. The van der Waals surface area contributed by atoms with Crippen LogP contribution >= 0.6 is 12.4 Å². The van der Waals surface area contributed by atoms with Gasteiger partial charge in [-0.05, 0) is 37.7 Å². The predicted octanol–water partition coefficient (Wildman–Crippen LogP) is 1.52. The molecule has 3 rings (SSSR count). The fraction of sp³-hybridized carbons (Fsp3) is 0.619. The molecule has 0 radical (unpaired) electrons. The highest BCUT2D eigenvalue weighted by Gasteiger charge is 2.30. The van der Waals surface area contributed by atoms with Crippen LogP contribution in [-0.2, 0) is 20.7 Å². The van der Waals surface area contributed by atoms with Gasteiger partial charge in [-0.25, -0.2) is 0 Å². The van der Waals surface area contributed by atoms with Gasteiger partial charge in [0, 0.05) is 37.9 Å². The first kappa shape index (κ1) is 23.4. The Kier molecular flexibility index (Phi) is 9.20. The maximum absolute atomic E-state index is 12.6. The number of likely N-dealkylation sites (tertiary alicyclic amines) is 1. The van der Waals surface area contributed by atoms with Gasteiger partial charge in [-0.3, -0.25) is 9.59 Å². The molecule has 3 N–H and O–H groups in total. The second-order valence-corrected chi connectivity index (χ2v) is 7.63. The van der Waals surface area contributed by atoms with Crippen molar-refractivity contribution < 1.29 is 19.1 Å². The van der Waals surface area contributed by atoms with Crippen molar-refractivity contribution in [2.45, 2.75) is 44.2 Å². The summed E-state index contributed by atoms with van der Waals surface area (Å²) in [5.41, 5.74) is 7.05. The number of methoxy groups -OCH3 is 1. The average molecular weight is 426 g/mol. The molecule has 1 aromatic carbocycles. The van der Waals surface area contributed by atoms with Crippen molar-refractivity contribution in [3.8, 4) is 5.75 Å². The quantitative estimate of drug-likeness (QED) is 0.720. The topological polar surface area (TPSA) is 93.9 Å². The summed E-state index contributed by atoms with van der Waals surface area (Å²) in [7, 11) is 1.61. The van der Waals surface area contributed by atoms with Crippen LogP contribution < -0.4 is 15.8 Å². The number of rotatable bonds is 6. The molecule has 0 saturated carbocycles. The number of nitrogens with two attached hydrogens (primary N) is 1. The normalized spacial score (nSPS) is 19.2. The van der Waals surface area contributed by atoms with Crippen LogP contribution in [0.1, 0.15) is 31.2 Å². The summed E-state index contributed by atoms with van der Waals surface area (Å²) in [5.74, 6) is 0.940. The number of benzene rings is 1. The molecule has 162 valence electrons. The molecule has 1 aromatic rings. The van der Waals surface area contributed by atoms with E-state index in [2.05, 4.69) is 5.32 Å². The molecule has 0 bridgehead atoms. The van der Waals surface area contributed by atoms with E-state index < -0.39 is 6.04 Å². The summed E-state index contributed by atoms with van der Waals surface area (Å²) in [4.78, 5) is 27.0. The Hall–Kier alpha value is -1.83. The van der Waals surface area contributed by atoms with Crippen LogP contribution in [0.4, 0.5) is 0 Å². The van der Waals surface area contributed by atoms with Crippen molar-refractivity contribution in [3.63, 3.8) is 0 Å². The van der Waals surface area contributed by atoms with Crippen LogP contribution in [0.15, 0.2) is 24.3 Å². The van der Waals surface area contributed by atoms with Gasteiger partial charge in [0.25, 0.3) is 0 Å². The molecule has 1 atom stereocenters. The van der Waals surface area contributed by atoms with Gasteiger partial charge < -0.3 is 25.4 Å². The number of hydrogen-bond donors (Lipinski definition) is 2. The number of nitrogens with zero attached hydrogens (tertiary/aromatic N) is 1. The van der Waals surface area contributed by atoms with E-state index in [0.717, 1.165) is 37.0 Å². The number of carbonyl (C=O) groups is 2. The predicted molar refractivity (Wildman–Crippen MR) is 113 cm³/mol. The summed E-state index contributed by atoms with van der Waals surface area (Å²) in [6, 6.07) is 7.19. The number of amides is 2. The molecule has 0 aromatic heterocycles. The first-order chi connectivity index (χ1) is 13.6. The lowest BCUT2D eigenvalue weighted by Crippen LogP contribution is -2.53. The zero-order valence-corrected chi connectivity index (χ0v) is 17.8. The maximum atomic E-state index is 12.6. The Bertz CT molecular complexity index is 674. The summed E-state index contributed by atoms with van der Waals surface area (Å²) >= 11 is 0. The Balaban J connectivity index is 0.00000300. The lowest BCUT2D eigenvalue weighted by molar-refractivity contribution is -0.131. The largest absolute Gasteiger partial charge is 0.496 e. The van der Waals surface area contributed by atoms with E-state index in [0.29, 0.717) is 32.7 Å². The van der Waals surface area contributed by atoms with E-state index in [-0.39, 0.29) is 36.2 Å². The van der Waals surface area contributed by atoms with Crippen molar-refractivity contribution in [1.82, 2.24) is 10.2 Å². The molecule has 29 heavy (non-hydrogen) atoms. The van der Waals surface area contributed by atoms with Gasteiger partial charge in [-0.15, -0.1) is 12.4 Å². The fourth-order valence-electron chi connectivity index (χ4n) is 3.98. The van der Waals surface area contributed by atoms with Crippen molar-refractivity contribution >= 4 is 24.2 Å². The molecule has 2 heterocycles. The summed E-state index contributed by atoms with van der Waals surface area (Å²) in [5, 5.41) is 3.08. The van der Waals surface area contributed by atoms with E-state index in [4.69, 9.17) is 15.2 Å². The van der Waals surface area contributed by atoms with E-state index in [1.54, 1.807) is 7.11 Å². The average Bonchev–Trinajstić information content (AvgIpc) is 2.74. The number of para-hydroxylation sites is 1. The fourth-order valence-corrected chi connectivity index (χ4v) is 3.98. The van der Waals surface area contributed by atoms with Crippen molar-refractivity contribution in [1.29, 1.82) is 0 Å².